The van der Waals surface area contributed by atoms with Crippen LogP contribution in [-0.2, 0) is 59.3 Å². The van der Waals surface area contributed by atoms with Crippen LogP contribution in [-0.4, -0.2) is 91.9 Å². The molecule has 0 aliphatic carbocycles. The van der Waals surface area contributed by atoms with E-state index in [2.05, 4.69) is 26.6 Å². The first-order valence-electron chi connectivity index (χ1n) is 18.9. The van der Waals surface area contributed by atoms with Gasteiger partial charge in [0.05, 0.1) is 31.4 Å². The maximum absolute atomic E-state index is 14.6. The van der Waals surface area contributed by atoms with E-state index in [9.17, 15) is 28.8 Å². The van der Waals surface area contributed by atoms with E-state index in [0.717, 1.165) is 23.3 Å². The summed E-state index contributed by atoms with van der Waals surface area (Å²) >= 11 is 0. The average Bonchev–Trinajstić information content (AvgIpc) is 3.71. The van der Waals surface area contributed by atoms with E-state index in [1.54, 1.807) is 41.3 Å². The van der Waals surface area contributed by atoms with Crippen LogP contribution in [0, 0.1) is 12.3 Å². The summed E-state index contributed by atoms with van der Waals surface area (Å²) in [6, 6.07) is 16.3. The van der Waals surface area contributed by atoms with Crippen LogP contribution in [0.25, 0.3) is 0 Å². The largest absolute Gasteiger partial charge is 0.469 e. The van der Waals surface area contributed by atoms with Crippen molar-refractivity contribution < 1.29 is 37.9 Å². The number of aryl methyl sites for hydroxylation is 1. The van der Waals surface area contributed by atoms with Crippen molar-refractivity contribution in [3.63, 3.8) is 0 Å². The number of hydrogen-bond donors (Lipinski definition) is 6. The fourth-order valence-corrected chi connectivity index (χ4v) is 6.98. The fraction of sp³-hybridized carbons (Fsp3) is 0.415. The summed E-state index contributed by atoms with van der Waals surface area (Å²) in [7, 11) is 0. The molecule has 298 valence electrons. The van der Waals surface area contributed by atoms with Crippen molar-refractivity contribution in [3.05, 3.63) is 107 Å². The Hall–Kier alpha value is -5.80. The van der Waals surface area contributed by atoms with Gasteiger partial charge < -0.3 is 46.4 Å². The van der Waals surface area contributed by atoms with Gasteiger partial charge in [-0.15, -0.1) is 0 Å². The standard InChI is InChI=1S/C41H51N7O8/c1-28-9-11-29(12-10-28)24-41-16-5-19-48(26-41)37(51)14-13-35(49)43-17-15-33(38(52)44-18-21-55-27-42)46-36(50)22-30-6-2-3-7-31(30)25-45-39(53)34(47-40(41)54)23-32-8-4-20-56-32/h2-4,6-14,20,33-34H,5,15-19,21-27,42H2,1H3,(H,43,49)(H,44,52)(H,45,53)(H,46,50)(H,47,54)/b14-13+/t33-,34-,41+/m0/s1. The lowest BCUT2D eigenvalue weighted by Crippen LogP contribution is -2.58. The molecular weight excluding hydrogens is 718 g/mol. The van der Waals surface area contributed by atoms with E-state index < -0.39 is 47.0 Å². The third-order valence-electron chi connectivity index (χ3n) is 9.99. The molecule has 1 saturated heterocycles. The van der Waals surface area contributed by atoms with Gasteiger partial charge in [-0.1, -0.05) is 54.1 Å². The number of nitrogens with two attached hydrogens (primary N) is 1. The first-order chi connectivity index (χ1) is 27.0. The molecule has 0 saturated carbocycles. The highest BCUT2D eigenvalue weighted by atomic mass is 16.5. The highest BCUT2D eigenvalue weighted by Crippen LogP contribution is 2.35. The number of nitrogens with one attached hydrogen (secondary N) is 5. The van der Waals surface area contributed by atoms with Gasteiger partial charge in [0.15, 0.2) is 0 Å². The van der Waals surface area contributed by atoms with E-state index in [4.69, 9.17) is 14.9 Å². The highest BCUT2D eigenvalue weighted by molar-refractivity contribution is 5.97. The van der Waals surface area contributed by atoms with Crippen LogP contribution >= 0.6 is 0 Å². The molecule has 3 atom stereocenters. The van der Waals surface area contributed by atoms with Crippen LogP contribution in [0.1, 0.15) is 47.3 Å². The number of ether oxygens (including phenoxy) is 1. The molecule has 2 aromatic carbocycles. The van der Waals surface area contributed by atoms with Gasteiger partial charge in [0, 0.05) is 51.3 Å². The van der Waals surface area contributed by atoms with Crippen LogP contribution in [0.15, 0.2) is 83.5 Å². The van der Waals surface area contributed by atoms with Crippen molar-refractivity contribution in [2.75, 3.05) is 39.5 Å². The molecule has 0 radical (unpaired) electrons. The predicted molar refractivity (Wildman–Crippen MR) is 206 cm³/mol. The maximum Gasteiger partial charge on any atom is 0.246 e. The minimum Gasteiger partial charge on any atom is -0.469 e. The number of rotatable bonds is 9. The molecule has 2 bridgehead atoms. The molecule has 0 unspecified atom stereocenters. The number of fused-ring (bicyclic) bond motifs is 3. The van der Waals surface area contributed by atoms with E-state index in [1.807, 2.05) is 31.2 Å². The Labute approximate surface area is 326 Å². The normalized spacial score (nSPS) is 22.2. The fourth-order valence-electron chi connectivity index (χ4n) is 6.98. The van der Waals surface area contributed by atoms with Gasteiger partial charge in [-0.2, -0.15) is 0 Å². The number of carbonyl (C=O) groups excluding carboxylic acids is 6. The average molecular weight is 770 g/mol. The lowest BCUT2D eigenvalue weighted by molar-refractivity contribution is -0.141. The molecule has 2 aliphatic heterocycles. The highest BCUT2D eigenvalue weighted by Gasteiger charge is 2.44. The maximum atomic E-state index is 14.6. The third-order valence-corrected chi connectivity index (χ3v) is 9.99. The number of amides is 6. The molecule has 6 amide bonds. The Morgan fingerprint density at radius 1 is 0.982 bits per heavy atom. The quantitative estimate of drug-likeness (QED) is 0.135. The summed E-state index contributed by atoms with van der Waals surface area (Å²) in [5.74, 6) is -2.30. The second kappa shape index (κ2) is 20.2. The minimum atomic E-state index is -1.09. The number of furan rings is 1. The van der Waals surface area contributed by atoms with Crippen molar-refractivity contribution in [1.29, 1.82) is 0 Å². The molecule has 15 heteroatoms. The second-order valence-electron chi connectivity index (χ2n) is 14.2. The molecule has 2 aliphatic rings. The molecular formula is C41H51N7O8. The summed E-state index contributed by atoms with van der Waals surface area (Å²) in [5.41, 5.74) is 7.52. The molecule has 3 heterocycles. The summed E-state index contributed by atoms with van der Waals surface area (Å²) in [5, 5.41) is 14.1. The summed E-state index contributed by atoms with van der Waals surface area (Å²) in [6.07, 6.45) is 5.08. The first kappa shape index (κ1) is 41.4. The molecule has 56 heavy (non-hydrogen) atoms. The Balaban J connectivity index is 1.45. The van der Waals surface area contributed by atoms with Crippen LogP contribution in [0.5, 0.6) is 0 Å². The summed E-state index contributed by atoms with van der Waals surface area (Å²) in [4.78, 5) is 83.0. The Bertz CT molecular complexity index is 1860. The molecule has 1 aromatic heterocycles. The van der Waals surface area contributed by atoms with Gasteiger partial charge >= 0.3 is 0 Å². The molecule has 7 N–H and O–H groups in total. The summed E-state index contributed by atoms with van der Waals surface area (Å²) in [6.45, 7) is 2.80. The van der Waals surface area contributed by atoms with Gasteiger partial charge in [0.2, 0.25) is 35.4 Å². The van der Waals surface area contributed by atoms with Crippen LogP contribution in [0.3, 0.4) is 0 Å². The smallest absolute Gasteiger partial charge is 0.246 e. The molecule has 1 fully saturated rings. The molecule has 5 rings (SSSR count). The van der Waals surface area contributed by atoms with Crippen molar-refractivity contribution in [1.82, 2.24) is 31.5 Å². The lowest BCUT2D eigenvalue weighted by atomic mass is 9.74. The predicted octanol–water partition coefficient (Wildman–Crippen LogP) is 0.936. The van der Waals surface area contributed by atoms with E-state index in [1.165, 1.54) is 6.26 Å². The van der Waals surface area contributed by atoms with Crippen LogP contribution in [0.2, 0.25) is 0 Å². The van der Waals surface area contributed by atoms with Crippen molar-refractivity contribution in [2.24, 2.45) is 11.1 Å². The van der Waals surface area contributed by atoms with Crippen molar-refractivity contribution >= 4 is 35.4 Å². The number of nitrogens with zero attached hydrogens (tertiary/aromatic N) is 1. The Kier molecular flexibility index (Phi) is 14.9. The zero-order chi connectivity index (χ0) is 39.9. The number of hydrogen-bond acceptors (Lipinski definition) is 9. The molecule has 0 spiro atoms. The topological polar surface area (TPSA) is 214 Å². The third kappa shape index (κ3) is 11.8. The Morgan fingerprint density at radius 3 is 2.52 bits per heavy atom. The monoisotopic (exact) mass is 769 g/mol. The zero-order valence-corrected chi connectivity index (χ0v) is 31.6. The molecule has 3 aromatic rings. The SMILES string of the molecule is Cc1ccc(C[C@]23CCCN(C2)C(=O)/C=C/C(=O)NCC[C@@H](C(=O)NCCOCN)NC(=O)Cc2ccccc2CNC(=O)[C@H](Cc2ccco2)NC3=O)cc1. The van der Waals surface area contributed by atoms with E-state index in [-0.39, 0.29) is 64.7 Å². The van der Waals surface area contributed by atoms with Gasteiger partial charge in [0.1, 0.15) is 17.8 Å². The van der Waals surface area contributed by atoms with Gasteiger partial charge in [0.25, 0.3) is 0 Å². The van der Waals surface area contributed by atoms with Crippen LogP contribution in [0.4, 0.5) is 0 Å². The lowest BCUT2D eigenvalue weighted by Gasteiger charge is -2.42. The zero-order valence-electron chi connectivity index (χ0n) is 31.6. The van der Waals surface area contributed by atoms with Crippen molar-refractivity contribution in [3.8, 4) is 0 Å². The van der Waals surface area contributed by atoms with Crippen molar-refractivity contribution in [2.45, 2.75) is 64.1 Å². The number of benzene rings is 2. The number of carbonyl (C=O) groups is 6. The minimum absolute atomic E-state index is 0.0106. The Morgan fingerprint density at radius 2 is 1.77 bits per heavy atom. The molecule has 15 nitrogen and oxygen atoms in total. The van der Waals surface area contributed by atoms with Crippen LogP contribution < -0.4 is 32.3 Å². The first-order valence-corrected chi connectivity index (χ1v) is 18.9. The number of piperidine rings is 1. The van der Waals surface area contributed by atoms with Gasteiger partial charge in [-0.05, 0) is 61.4 Å². The van der Waals surface area contributed by atoms with Gasteiger partial charge in [-0.25, -0.2) is 0 Å². The summed E-state index contributed by atoms with van der Waals surface area (Å²) < 4.78 is 10.7. The second-order valence-corrected chi connectivity index (χ2v) is 14.2. The van der Waals surface area contributed by atoms with E-state index >= 15 is 0 Å². The van der Waals surface area contributed by atoms with Gasteiger partial charge in [-0.3, -0.25) is 28.8 Å². The van der Waals surface area contributed by atoms with E-state index in [0.29, 0.717) is 42.7 Å².